The van der Waals surface area contributed by atoms with Gasteiger partial charge >= 0.3 is 123 Å². The van der Waals surface area contributed by atoms with Crippen molar-refractivity contribution in [1.29, 1.82) is 0 Å². The van der Waals surface area contributed by atoms with Gasteiger partial charge in [0.1, 0.15) is 0 Å². The zero-order valence-corrected chi connectivity index (χ0v) is 13.0. The van der Waals surface area contributed by atoms with Crippen molar-refractivity contribution in [2.75, 3.05) is 5.32 Å². The molecule has 0 amide bonds. The van der Waals surface area contributed by atoms with Gasteiger partial charge in [0.2, 0.25) is 0 Å². The average molecular weight is 366 g/mol. The maximum atomic E-state index is 5.85. The van der Waals surface area contributed by atoms with Crippen LogP contribution in [0.15, 0.2) is 54.6 Å². The molecular formula is C14H12N2Se2. The topological polar surface area (TPSA) is 38.0 Å². The van der Waals surface area contributed by atoms with Gasteiger partial charge in [-0.25, -0.2) is 0 Å². The van der Waals surface area contributed by atoms with Crippen molar-refractivity contribution in [2.24, 2.45) is 5.73 Å². The molecule has 4 heteroatoms. The van der Waals surface area contributed by atoms with Crippen LogP contribution in [0.25, 0.3) is 0 Å². The zero-order chi connectivity index (χ0) is 13.0. The minimum atomic E-state index is 0.688. The van der Waals surface area contributed by atoms with Gasteiger partial charge < -0.3 is 0 Å². The third kappa shape index (κ3) is 3.18. The van der Waals surface area contributed by atoms with Crippen molar-refractivity contribution >= 4 is 45.9 Å². The Morgan fingerprint density at radius 1 is 0.833 bits per heavy atom. The van der Waals surface area contributed by atoms with Crippen LogP contribution in [0.1, 0.15) is 11.1 Å². The second-order valence-corrected chi connectivity index (χ2v) is 5.51. The number of anilines is 1. The van der Waals surface area contributed by atoms with Crippen molar-refractivity contribution in [3.05, 3.63) is 65.7 Å². The van der Waals surface area contributed by atoms with Gasteiger partial charge in [-0.2, -0.15) is 0 Å². The van der Waals surface area contributed by atoms with Gasteiger partial charge in [0.05, 0.1) is 0 Å². The normalized spacial score (nSPS) is 9.78. The van der Waals surface area contributed by atoms with Crippen LogP contribution >= 0.6 is 0 Å². The van der Waals surface area contributed by atoms with Crippen molar-refractivity contribution in [2.45, 2.75) is 0 Å². The summed E-state index contributed by atoms with van der Waals surface area (Å²) in [5.74, 6) is 0. The third-order valence-electron chi connectivity index (χ3n) is 2.47. The van der Waals surface area contributed by atoms with E-state index in [0.717, 1.165) is 21.4 Å². The fraction of sp³-hybridized carbons (Fsp3) is 0. The number of benzene rings is 2. The summed E-state index contributed by atoms with van der Waals surface area (Å²) in [6, 6.07) is 18.0. The van der Waals surface area contributed by atoms with E-state index in [1.165, 1.54) is 0 Å². The molecule has 18 heavy (non-hydrogen) atoms. The van der Waals surface area contributed by atoms with Crippen LogP contribution in [-0.2, 0) is 0 Å². The third-order valence-corrected chi connectivity index (χ3v) is 3.61. The molecule has 2 aromatic rings. The summed E-state index contributed by atoms with van der Waals surface area (Å²) >= 11 is 5.91. The Bertz CT molecular complexity index is 579. The zero-order valence-electron chi connectivity index (χ0n) is 9.59. The van der Waals surface area contributed by atoms with Gasteiger partial charge in [-0.1, -0.05) is 0 Å². The SMILES string of the molecule is NC(=[Se])c1ccccc1C(=[Se])Nc1ccccc1. The predicted molar refractivity (Wildman–Crippen MR) is 80.4 cm³/mol. The number of nitrogens with one attached hydrogen (secondary N) is 1. The van der Waals surface area contributed by atoms with Gasteiger partial charge in [-0.05, 0) is 0 Å². The molecule has 0 saturated carbocycles. The second kappa shape index (κ2) is 6.12. The van der Waals surface area contributed by atoms with Crippen molar-refractivity contribution < 1.29 is 0 Å². The van der Waals surface area contributed by atoms with Crippen LogP contribution in [-0.4, -0.2) is 40.2 Å². The summed E-state index contributed by atoms with van der Waals surface area (Å²) in [6.45, 7) is 0. The van der Waals surface area contributed by atoms with Gasteiger partial charge in [-0.3, -0.25) is 0 Å². The Kier molecular flexibility index (Phi) is 4.51. The summed E-state index contributed by atoms with van der Waals surface area (Å²) in [4.78, 5) is 0. The number of rotatable bonds is 4. The number of hydrogen-bond donors (Lipinski definition) is 2. The van der Waals surface area contributed by atoms with E-state index in [-0.39, 0.29) is 0 Å². The molecule has 0 heterocycles. The van der Waals surface area contributed by atoms with Gasteiger partial charge in [0, 0.05) is 0 Å². The fourth-order valence-corrected chi connectivity index (χ4v) is 2.61. The number of nitrogens with two attached hydrogens (primary N) is 1. The first-order chi connectivity index (χ1) is 8.68. The van der Waals surface area contributed by atoms with E-state index in [4.69, 9.17) is 5.73 Å². The Morgan fingerprint density at radius 3 is 2.00 bits per heavy atom. The van der Waals surface area contributed by atoms with E-state index in [2.05, 4.69) is 36.5 Å². The fourth-order valence-electron chi connectivity index (χ4n) is 1.62. The molecule has 0 saturated heterocycles. The van der Waals surface area contributed by atoms with Crippen LogP contribution < -0.4 is 11.1 Å². The first-order valence-corrected chi connectivity index (χ1v) is 7.15. The molecule has 2 nitrogen and oxygen atoms in total. The molecule has 0 aliphatic carbocycles. The van der Waals surface area contributed by atoms with Crippen LogP contribution in [0.2, 0.25) is 0 Å². The molecule has 2 rings (SSSR count). The summed E-state index contributed by atoms with van der Waals surface area (Å²) in [7, 11) is 0. The second-order valence-electron chi connectivity index (χ2n) is 3.73. The first-order valence-electron chi connectivity index (χ1n) is 5.43. The van der Waals surface area contributed by atoms with E-state index in [1.54, 1.807) is 0 Å². The van der Waals surface area contributed by atoms with Crippen LogP contribution in [0, 0.1) is 0 Å². The molecule has 0 bridgehead atoms. The van der Waals surface area contributed by atoms with Crippen molar-refractivity contribution in [1.82, 2.24) is 0 Å². The monoisotopic (exact) mass is 368 g/mol. The quantitative estimate of drug-likeness (QED) is 0.795. The first kappa shape index (κ1) is 13.3. The Balaban J connectivity index is 2.27. The minimum absolute atomic E-state index is 0.688. The molecule has 0 aliphatic rings. The standard InChI is InChI=1S/C14H12N2Se2/c15-13(17)11-8-4-5-9-12(11)14(18)16-10-6-2-1-3-7-10/h1-9H,(H2,15,17)(H,16,18). The van der Waals surface area contributed by atoms with E-state index in [0.29, 0.717) is 4.54 Å². The van der Waals surface area contributed by atoms with Gasteiger partial charge in [0.25, 0.3) is 0 Å². The molecule has 0 spiro atoms. The van der Waals surface area contributed by atoms with Gasteiger partial charge in [-0.15, -0.1) is 0 Å². The Morgan fingerprint density at radius 2 is 1.39 bits per heavy atom. The summed E-state index contributed by atoms with van der Waals surface area (Å²) in [5.41, 5.74) is 8.94. The van der Waals surface area contributed by atoms with Crippen LogP contribution in [0.3, 0.4) is 0 Å². The molecule has 3 N–H and O–H groups in total. The summed E-state index contributed by atoms with van der Waals surface area (Å²) in [6.07, 6.45) is 0. The molecule has 0 atom stereocenters. The van der Waals surface area contributed by atoms with E-state index in [1.807, 2.05) is 54.6 Å². The van der Waals surface area contributed by atoms with Crippen LogP contribution in [0.5, 0.6) is 0 Å². The van der Waals surface area contributed by atoms with Crippen molar-refractivity contribution in [3.63, 3.8) is 0 Å². The summed E-state index contributed by atoms with van der Waals surface area (Å²) in [5, 5.41) is 3.33. The molecule has 0 radical (unpaired) electrons. The van der Waals surface area contributed by atoms with E-state index >= 15 is 0 Å². The molecule has 0 aliphatic heterocycles. The summed E-state index contributed by atoms with van der Waals surface area (Å²) < 4.78 is 1.64. The molecule has 0 fully saturated rings. The molecule has 0 unspecified atom stereocenters. The maximum absolute atomic E-state index is 5.85. The molecule has 0 aromatic heterocycles. The predicted octanol–water partition coefficient (Wildman–Crippen LogP) is 1.05. The molecular weight excluding hydrogens is 354 g/mol. The Hall–Kier alpha value is -1.18. The van der Waals surface area contributed by atoms with E-state index < -0.39 is 0 Å². The van der Waals surface area contributed by atoms with Crippen molar-refractivity contribution in [3.8, 4) is 0 Å². The average Bonchev–Trinajstić information content (AvgIpc) is 2.40. The van der Waals surface area contributed by atoms with E-state index in [9.17, 15) is 0 Å². The number of hydrogen-bond acceptors (Lipinski definition) is 2. The molecule has 2 aromatic carbocycles. The Labute approximate surface area is 122 Å². The number of para-hydroxylation sites is 1. The van der Waals surface area contributed by atoms with Gasteiger partial charge in [0.15, 0.2) is 0 Å². The molecule has 90 valence electrons. The van der Waals surface area contributed by atoms with Crippen LogP contribution in [0.4, 0.5) is 5.69 Å².